The lowest BCUT2D eigenvalue weighted by Gasteiger charge is -2.03. The summed E-state index contributed by atoms with van der Waals surface area (Å²) in [6.45, 7) is 0. The average Bonchev–Trinajstić information content (AvgIpc) is 3.44. The molecular weight excluding hydrogens is 425 g/mol. The number of carbonyl (C=O) groups excluding carboxylic acids is 1. The number of halogens is 1. The van der Waals surface area contributed by atoms with Gasteiger partial charge in [0, 0.05) is 29.3 Å². The molecule has 0 aliphatic carbocycles. The molecule has 0 aliphatic rings. The molecule has 11 heteroatoms. The Morgan fingerprint density at radius 2 is 2.10 bits per heavy atom. The zero-order valence-corrected chi connectivity index (χ0v) is 16.8. The standard InChI is InChI=1S/C20H14FN5O4S/c1-30-18-6-5-12(9-15(18)21)17-11-31-20(22-17)23-19(27)16-7-8-25(24-16)13-3-2-4-14(10-13)26(28)29/h2-11H,1H3,(H,22,23,27). The number of nitro benzene ring substituents is 1. The number of anilines is 1. The highest BCUT2D eigenvalue weighted by Crippen LogP contribution is 2.28. The van der Waals surface area contributed by atoms with Crippen LogP contribution in [0.1, 0.15) is 10.5 Å². The molecule has 4 aromatic rings. The number of non-ortho nitro benzene ring substituents is 1. The lowest BCUT2D eigenvalue weighted by molar-refractivity contribution is -0.384. The van der Waals surface area contributed by atoms with E-state index in [1.807, 2.05) is 0 Å². The van der Waals surface area contributed by atoms with E-state index in [9.17, 15) is 19.3 Å². The van der Waals surface area contributed by atoms with Gasteiger partial charge in [-0.1, -0.05) is 6.07 Å². The molecule has 0 bridgehead atoms. The van der Waals surface area contributed by atoms with Crippen LogP contribution in [-0.2, 0) is 0 Å². The molecule has 0 radical (unpaired) electrons. The van der Waals surface area contributed by atoms with Crippen molar-refractivity contribution in [2.45, 2.75) is 0 Å². The Balaban J connectivity index is 1.49. The van der Waals surface area contributed by atoms with Gasteiger partial charge < -0.3 is 4.74 Å². The smallest absolute Gasteiger partial charge is 0.277 e. The maximum absolute atomic E-state index is 13.9. The van der Waals surface area contributed by atoms with Crippen molar-refractivity contribution in [3.05, 3.63) is 81.7 Å². The molecule has 0 spiro atoms. The van der Waals surface area contributed by atoms with E-state index in [0.717, 1.165) is 0 Å². The van der Waals surface area contributed by atoms with Crippen LogP contribution >= 0.6 is 11.3 Å². The molecule has 156 valence electrons. The summed E-state index contributed by atoms with van der Waals surface area (Å²) >= 11 is 1.19. The largest absolute Gasteiger partial charge is 0.494 e. The Bertz CT molecular complexity index is 1290. The van der Waals surface area contributed by atoms with Gasteiger partial charge in [0.25, 0.3) is 11.6 Å². The highest BCUT2D eigenvalue weighted by Gasteiger charge is 2.15. The number of nitro groups is 1. The minimum absolute atomic E-state index is 0.0794. The quantitative estimate of drug-likeness (QED) is 0.354. The summed E-state index contributed by atoms with van der Waals surface area (Å²) < 4.78 is 20.2. The Kier molecular flexibility index (Phi) is 5.41. The normalized spacial score (nSPS) is 10.6. The second-order valence-electron chi connectivity index (χ2n) is 6.26. The van der Waals surface area contributed by atoms with E-state index in [0.29, 0.717) is 22.1 Å². The van der Waals surface area contributed by atoms with Crippen molar-refractivity contribution in [2.75, 3.05) is 12.4 Å². The molecule has 9 nitrogen and oxygen atoms in total. The fourth-order valence-corrected chi connectivity index (χ4v) is 3.50. The molecule has 31 heavy (non-hydrogen) atoms. The van der Waals surface area contributed by atoms with Gasteiger partial charge >= 0.3 is 0 Å². The van der Waals surface area contributed by atoms with Crippen LogP contribution in [0.4, 0.5) is 15.2 Å². The number of amides is 1. The molecule has 0 fully saturated rings. The topological polar surface area (TPSA) is 112 Å². The minimum Gasteiger partial charge on any atom is -0.494 e. The molecule has 0 aliphatic heterocycles. The van der Waals surface area contributed by atoms with Crippen molar-refractivity contribution in [3.63, 3.8) is 0 Å². The van der Waals surface area contributed by atoms with Crippen molar-refractivity contribution in [1.82, 2.24) is 14.8 Å². The van der Waals surface area contributed by atoms with Crippen molar-refractivity contribution >= 4 is 28.1 Å². The van der Waals surface area contributed by atoms with E-state index >= 15 is 0 Å². The monoisotopic (exact) mass is 439 g/mol. The summed E-state index contributed by atoms with van der Waals surface area (Å²) in [5.41, 5.74) is 1.53. The van der Waals surface area contributed by atoms with Crippen LogP contribution in [0.2, 0.25) is 0 Å². The Morgan fingerprint density at radius 3 is 2.84 bits per heavy atom. The van der Waals surface area contributed by atoms with Gasteiger partial charge in [-0.3, -0.25) is 20.2 Å². The van der Waals surface area contributed by atoms with Crippen molar-refractivity contribution in [2.24, 2.45) is 0 Å². The van der Waals surface area contributed by atoms with Crippen LogP contribution < -0.4 is 10.1 Å². The Labute approximate surface area is 178 Å². The zero-order valence-electron chi connectivity index (χ0n) is 16.0. The molecule has 2 heterocycles. The molecular formula is C20H14FN5O4S. The molecule has 0 unspecified atom stereocenters. The van der Waals surface area contributed by atoms with Crippen molar-refractivity contribution < 1.29 is 18.8 Å². The molecule has 2 aromatic carbocycles. The van der Waals surface area contributed by atoms with Crippen LogP contribution in [0.15, 0.2) is 60.1 Å². The van der Waals surface area contributed by atoms with Crippen LogP contribution in [0, 0.1) is 15.9 Å². The molecule has 2 aromatic heterocycles. The summed E-state index contributed by atoms with van der Waals surface area (Å²) in [6.07, 6.45) is 1.53. The number of ether oxygens (including phenoxy) is 1. The average molecular weight is 439 g/mol. The number of nitrogens with zero attached hydrogens (tertiary/aromatic N) is 4. The molecule has 0 saturated carbocycles. The highest BCUT2D eigenvalue weighted by atomic mass is 32.1. The fourth-order valence-electron chi connectivity index (χ4n) is 2.79. The SMILES string of the molecule is COc1ccc(-c2csc(NC(=O)c3ccn(-c4cccc([N+](=O)[O-])c4)n3)n2)cc1F. The van der Waals surface area contributed by atoms with Crippen LogP contribution in [0.3, 0.4) is 0 Å². The first kappa shape index (κ1) is 20.2. The van der Waals surface area contributed by atoms with Crippen LogP contribution in [-0.4, -0.2) is 32.7 Å². The Morgan fingerprint density at radius 1 is 1.26 bits per heavy atom. The first-order valence-corrected chi connectivity index (χ1v) is 9.74. The molecule has 0 saturated heterocycles. The van der Waals surface area contributed by atoms with E-state index in [1.165, 1.54) is 65.7 Å². The van der Waals surface area contributed by atoms with Gasteiger partial charge in [-0.15, -0.1) is 11.3 Å². The number of hydrogen-bond donors (Lipinski definition) is 1. The van der Waals surface area contributed by atoms with Crippen molar-refractivity contribution in [3.8, 4) is 22.7 Å². The second-order valence-corrected chi connectivity index (χ2v) is 7.12. The first-order valence-electron chi connectivity index (χ1n) is 8.86. The number of hydrogen-bond acceptors (Lipinski definition) is 7. The fraction of sp³-hybridized carbons (Fsp3) is 0.0500. The van der Waals surface area contributed by atoms with Gasteiger partial charge in [-0.25, -0.2) is 14.1 Å². The van der Waals surface area contributed by atoms with Crippen LogP contribution in [0.25, 0.3) is 16.9 Å². The van der Waals surface area contributed by atoms with Gasteiger partial charge in [0.05, 0.1) is 23.4 Å². The number of nitrogens with one attached hydrogen (secondary N) is 1. The first-order chi connectivity index (χ1) is 14.9. The predicted octanol–water partition coefficient (Wildman–Crippen LogP) is 4.30. The third kappa shape index (κ3) is 4.26. The van der Waals surface area contributed by atoms with Crippen molar-refractivity contribution in [1.29, 1.82) is 0 Å². The molecule has 1 N–H and O–H groups in total. The van der Waals surface area contributed by atoms with Gasteiger partial charge in [-0.05, 0) is 30.3 Å². The lowest BCUT2D eigenvalue weighted by Crippen LogP contribution is -2.13. The molecule has 0 atom stereocenters. The lowest BCUT2D eigenvalue weighted by atomic mass is 10.1. The second kappa shape index (κ2) is 8.32. The number of thiazole rings is 1. The van der Waals surface area contributed by atoms with E-state index in [2.05, 4.69) is 15.4 Å². The summed E-state index contributed by atoms with van der Waals surface area (Å²) in [6, 6.07) is 11.9. The Hall–Kier alpha value is -4.12. The maximum atomic E-state index is 13.9. The number of rotatable bonds is 6. The highest BCUT2D eigenvalue weighted by molar-refractivity contribution is 7.14. The van der Waals surface area contributed by atoms with Gasteiger partial charge in [0.2, 0.25) is 0 Å². The van der Waals surface area contributed by atoms with Gasteiger partial charge in [-0.2, -0.15) is 5.10 Å². The molecule has 4 rings (SSSR count). The van der Waals surface area contributed by atoms with Gasteiger partial charge in [0.1, 0.15) is 0 Å². The summed E-state index contributed by atoms with van der Waals surface area (Å²) in [5.74, 6) is -0.872. The summed E-state index contributed by atoms with van der Waals surface area (Å²) in [4.78, 5) is 27.3. The predicted molar refractivity (Wildman–Crippen MR) is 112 cm³/mol. The number of carbonyl (C=O) groups is 1. The van der Waals surface area contributed by atoms with E-state index in [1.54, 1.807) is 17.5 Å². The number of aromatic nitrogens is 3. The third-order valence-corrected chi connectivity index (χ3v) is 5.06. The maximum Gasteiger partial charge on any atom is 0.277 e. The summed E-state index contributed by atoms with van der Waals surface area (Å²) in [7, 11) is 1.38. The van der Waals surface area contributed by atoms with E-state index < -0.39 is 16.6 Å². The minimum atomic E-state index is -0.509. The molecule has 1 amide bonds. The van der Waals surface area contributed by atoms with Gasteiger partial charge in [0.15, 0.2) is 22.4 Å². The van der Waals surface area contributed by atoms with E-state index in [-0.39, 0.29) is 17.1 Å². The number of benzene rings is 2. The summed E-state index contributed by atoms with van der Waals surface area (Å²) in [5, 5.41) is 19.8. The zero-order chi connectivity index (χ0) is 22.0. The van der Waals surface area contributed by atoms with Crippen LogP contribution in [0.5, 0.6) is 5.75 Å². The van der Waals surface area contributed by atoms with E-state index in [4.69, 9.17) is 4.74 Å². The number of methoxy groups -OCH3 is 1. The third-order valence-electron chi connectivity index (χ3n) is 4.30.